The predicted molar refractivity (Wildman–Crippen MR) is 106 cm³/mol. The zero-order valence-corrected chi connectivity index (χ0v) is 16.9. The van der Waals surface area contributed by atoms with E-state index in [4.69, 9.17) is 9.47 Å². The number of carbonyl (C=O) groups is 2. The molecule has 1 aromatic carbocycles. The Morgan fingerprint density at radius 2 is 1.86 bits per heavy atom. The lowest BCUT2D eigenvalue weighted by atomic mass is 10.0. The monoisotopic (exact) mass is 386 g/mol. The van der Waals surface area contributed by atoms with Crippen molar-refractivity contribution in [2.45, 2.75) is 64.2 Å². The maximum absolute atomic E-state index is 13.4. The first kappa shape index (κ1) is 19.4. The molecule has 1 aromatic rings. The minimum Gasteiger partial charge on any atom is -0.339 e. The number of hydrogen-bond donors (Lipinski definition) is 0. The molecule has 0 saturated carbocycles. The van der Waals surface area contributed by atoms with Crippen LogP contribution in [-0.2, 0) is 20.1 Å². The second-order valence-electron chi connectivity index (χ2n) is 8.06. The van der Waals surface area contributed by atoms with Crippen molar-refractivity contribution in [2.75, 3.05) is 31.2 Å². The Labute approximate surface area is 166 Å². The van der Waals surface area contributed by atoms with Crippen molar-refractivity contribution in [3.63, 3.8) is 0 Å². The third-order valence-electron chi connectivity index (χ3n) is 6.05. The summed E-state index contributed by atoms with van der Waals surface area (Å²) in [4.78, 5) is 30.2. The lowest BCUT2D eigenvalue weighted by Crippen LogP contribution is -2.49. The molecule has 2 fully saturated rings. The van der Waals surface area contributed by atoms with Crippen LogP contribution in [0.5, 0.6) is 0 Å². The first-order chi connectivity index (χ1) is 13.6. The molecule has 0 bridgehead atoms. The SMILES string of the molecule is CCCC(C)N1C(=O)C2(OCCCO2)c2cc(C(=O)N3CCCCC3)ccc21. The van der Waals surface area contributed by atoms with E-state index in [1.807, 2.05) is 23.1 Å². The normalized spacial score (nSPS) is 22.4. The van der Waals surface area contributed by atoms with Crippen LogP contribution in [0.15, 0.2) is 18.2 Å². The van der Waals surface area contributed by atoms with E-state index in [0.29, 0.717) is 24.3 Å². The smallest absolute Gasteiger partial charge is 0.292 e. The van der Waals surface area contributed by atoms with Crippen molar-refractivity contribution < 1.29 is 19.1 Å². The van der Waals surface area contributed by atoms with Crippen LogP contribution < -0.4 is 4.90 Å². The second-order valence-corrected chi connectivity index (χ2v) is 8.06. The minimum atomic E-state index is -1.40. The quantitative estimate of drug-likeness (QED) is 0.795. The number of hydrogen-bond acceptors (Lipinski definition) is 4. The molecular formula is C22H30N2O4. The van der Waals surface area contributed by atoms with Crippen LogP contribution in [0.2, 0.25) is 0 Å². The molecule has 0 N–H and O–H groups in total. The topological polar surface area (TPSA) is 59.1 Å². The highest BCUT2D eigenvalue weighted by Gasteiger charge is 2.56. The number of fused-ring (bicyclic) bond motifs is 2. The summed E-state index contributed by atoms with van der Waals surface area (Å²) in [5, 5.41) is 0. The number of anilines is 1. The van der Waals surface area contributed by atoms with E-state index >= 15 is 0 Å². The zero-order chi connectivity index (χ0) is 19.7. The van der Waals surface area contributed by atoms with Crippen molar-refractivity contribution >= 4 is 17.5 Å². The van der Waals surface area contributed by atoms with Gasteiger partial charge in [-0.2, -0.15) is 0 Å². The molecule has 0 aromatic heterocycles. The number of rotatable bonds is 4. The van der Waals surface area contributed by atoms with Crippen LogP contribution in [-0.4, -0.2) is 49.1 Å². The van der Waals surface area contributed by atoms with Gasteiger partial charge in [-0.1, -0.05) is 13.3 Å². The number of piperidine rings is 1. The molecule has 152 valence electrons. The van der Waals surface area contributed by atoms with Crippen molar-refractivity contribution in [1.29, 1.82) is 0 Å². The number of carbonyl (C=O) groups excluding carboxylic acids is 2. The number of likely N-dealkylation sites (tertiary alicyclic amines) is 1. The summed E-state index contributed by atoms with van der Waals surface area (Å²) in [6, 6.07) is 5.62. The number of ether oxygens (including phenoxy) is 2. The van der Waals surface area contributed by atoms with Gasteiger partial charge in [0.1, 0.15) is 0 Å². The Morgan fingerprint density at radius 3 is 2.54 bits per heavy atom. The Balaban J connectivity index is 1.73. The van der Waals surface area contributed by atoms with Gasteiger partial charge in [-0.25, -0.2) is 0 Å². The van der Waals surface area contributed by atoms with Gasteiger partial charge < -0.3 is 19.3 Å². The van der Waals surface area contributed by atoms with Gasteiger partial charge >= 0.3 is 0 Å². The standard InChI is InChI=1S/C22H30N2O4/c1-3-8-16(2)24-19-10-9-17(20(25)23-11-5-4-6-12-23)15-18(19)22(21(24)26)27-13-7-14-28-22/h9-10,15-16H,3-8,11-14H2,1-2H3. The molecular weight excluding hydrogens is 356 g/mol. The molecule has 2 saturated heterocycles. The van der Waals surface area contributed by atoms with E-state index in [2.05, 4.69) is 13.8 Å². The lowest BCUT2D eigenvalue weighted by Gasteiger charge is -2.33. The van der Waals surface area contributed by atoms with Crippen LogP contribution in [0.3, 0.4) is 0 Å². The maximum Gasteiger partial charge on any atom is 0.292 e. The maximum atomic E-state index is 13.4. The number of benzene rings is 1. The van der Waals surface area contributed by atoms with Gasteiger partial charge in [0.05, 0.1) is 18.9 Å². The van der Waals surface area contributed by atoms with Gasteiger partial charge in [0.25, 0.3) is 17.6 Å². The summed E-state index contributed by atoms with van der Waals surface area (Å²) in [7, 11) is 0. The molecule has 6 nitrogen and oxygen atoms in total. The van der Waals surface area contributed by atoms with E-state index in [1.165, 1.54) is 6.42 Å². The van der Waals surface area contributed by atoms with Crippen molar-refractivity contribution in [1.82, 2.24) is 4.90 Å². The Bertz CT molecular complexity index is 751. The number of amides is 2. The zero-order valence-electron chi connectivity index (χ0n) is 16.9. The summed E-state index contributed by atoms with van der Waals surface area (Å²) in [6.07, 6.45) is 5.93. The molecule has 0 radical (unpaired) electrons. The van der Waals surface area contributed by atoms with Crippen molar-refractivity contribution in [3.8, 4) is 0 Å². The van der Waals surface area contributed by atoms with Crippen molar-refractivity contribution in [3.05, 3.63) is 29.3 Å². The first-order valence-electron chi connectivity index (χ1n) is 10.6. The fourth-order valence-corrected chi connectivity index (χ4v) is 4.60. The number of nitrogens with zero attached hydrogens (tertiary/aromatic N) is 2. The minimum absolute atomic E-state index is 0.0287. The molecule has 1 atom stereocenters. The second kappa shape index (κ2) is 7.84. The third kappa shape index (κ3) is 3.12. The highest BCUT2D eigenvalue weighted by Crippen LogP contribution is 2.47. The van der Waals surface area contributed by atoms with Crippen LogP contribution >= 0.6 is 0 Å². The van der Waals surface area contributed by atoms with Crippen molar-refractivity contribution in [2.24, 2.45) is 0 Å². The highest BCUT2D eigenvalue weighted by molar-refractivity contribution is 6.07. The van der Waals surface area contributed by atoms with Crippen LogP contribution in [0, 0.1) is 0 Å². The largest absolute Gasteiger partial charge is 0.339 e. The summed E-state index contributed by atoms with van der Waals surface area (Å²) in [5.74, 6) is -1.53. The Morgan fingerprint density at radius 1 is 1.14 bits per heavy atom. The Hall–Kier alpha value is -1.92. The summed E-state index contributed by atoms with van der Waals surface area (Å²) in [5.41, 5.74) is 2.10. The first-order valence-corrected chi connectivity index (χ1v) is 10.6. The van der Waals surface area contributed by atoms with E-state index in [0.717, 1.165) is 50.9 Å². The highest BCUT2D eigenvalue weighted by atomic mass is 16.7. The molecule has 2 amide bonds. The molecule has 0 aliphatic carbocycles. The summed E-state index contributed by atoms with van der Waals surface area (Å²) < 4.78 is 11.9. The van der Waals surface area contributed by atoms with E-state index in [1.54, 1.807) is 4.90 Å². The third-order valence-corrected chi connectivity index (χ3v) is 6.05. The molecule has 3 heterocycles. The summed E-state index contributed by atoms with van der Waals surface area (Å²) in [6.45, 7) is 6.72. The van der Waals surface area contributed by atoms with E-state index in [9.17, 15) is 9.59 Å². The van der Waals surface area contributed by atoms with Gasteiger partial charge in [0.15, 0.2) is 0 Å². The summed E-state index contributed by atoms with van der Waals surface area (Å²) >= 11 is 0. The predicted octanol–water partition coefficient (Wildman–Crippen LogP) is 3.44. The van der Waals surface area contributed by atoms with Crippen LogP contribution in [0.25, 0.3) is 0 Å². The molecule has 3 aliphatic heterocycles. The lowest BCUT2D eigenvalue weighted by molar-refractivity contribution is -0.257. The van der Waals surface area contributed by atoms with Crippen LogP contribution in [0.4, 0.5) is 5.69 Å². The van der Waals surface area contributed by atoms with E-state index in [-0.39, 0.29) is 17.9 Å². The Kier molecular flexibility index (Phi) is 5.43. The van der Waals surface area contributed by atoms with Gasteiger partial charge in [0.2, 0.25) is 0 Å². The molecule has 1 unspecified atom stereocenters. The average Bonchev–Trinajstić information content (AvgIpc) is 2.96. The van der Waals surface area contributed by atoms with Crippen LogP contribution in [0.1, 0.15) is 68.3 Å². The van der Waals surface area contributed by atoms with Gasteiger partial charge in [-0.3, -0.25) is 9.59 Å². The molecule has 28 heavy (non-hydrogen) atoms. The molecule has 1 spiro atoms. The fourth-order valence-electron chi connectivity index (χ4n) is 4.60. The average molecular weight is 386 g/mol. The van der Waals surface area contributed by atoms with E-state index < -0.39 is 5.79 Å². The van der Waals surface area contributed by atoms with Gasteiger partial charge in [-0.05, 0) is 57.2 Å². The molecule has 3 aliphatic rings. The molecule has 4 rings (SSSR count). The fraction of sp³-hybridized carbons (Fsp3) is 0.636. The van der Waals surface area contributed by atoms with Gasteiger partial charge in [0, 0.05) is 30.3 Å². The molecule has 6 heteroatoms. The van der Waals surface area contributed by atoms with Gasteiger partial charge in [-0.15, -0.1) is 0 Å².